The molecule has 0 radical (unpaired) electrons. The number of allylic oxidation sites excluding steroid dienone is 3. The van der Waals surface area contributed by atoms with Gasteiger partial charge in [-0.25, -0.2) is 0 Å². The molecule has 0 spiro atoms. The molecule has 40 heavy (non-hydrogen) atoms. The fourth-order valence-corrected chi connectivity index (χ4v) is 3.33. The molecule has 0 aliphatic heterocycles. The number of pyridine rings is 2. The molecule has 0 amide bonds. The standard InChI is InChI=1S/C11H7F6NO2.C10H5F6NO2.Cu/c1-3(19)5(4(2)20)6-7(12)9(11(15,16)17)18-10(14)8(6)13;1-3(19)4(2-18)5-6(11)8(10(14,15)16)17-9(13)7(5)12;/h19H,1-2H3;2,18H,1H3;/q;;+2/p-2/b5-3+;4-2+;. The third kappa shape index (κ3) is 6.75. The molecular weight excluding hydrogens is 636 g/mol. The molecule has 0 atom stereocenters. The molecule has 19 heteroatoms. The van der Waals surface area contributed by atoms with Crippen LogP contribution < -0.4 is 0 Å². The molecule has 0 saturated heterocycles. The Morgan fingerprint density at radius 1 is 0.700 bits per heavy atom. The number of carbonyl (C=O) groups excluding carboxylic acids is 2. The molecular formula is C21H10CuF12N2O4. The van der Waals surface area contributed by atoms with E-state index in [-0.39, 0.29) is 21.9 Å². The Bertz CT molecular complexity index is 1430. The van der Waals surface area contributed by atoms with Crippen LogP contribution in [0.2, 0.25) is 0 Å². The van der Waals surface area contributed by atoms with Crippen LogP contribution in [0, 0.1) is 35.2 Å². The van der Waals surface area contributed by atoms with E-state index in [1.54, 1.807) is 0 Å². The van der Waals surface area contributed by atoms with Crippen molar-refractivity contribution in [3.05, 3.63) is 69.7 Å². The Morgan fingerprint density at radius 3 is 1.52 bits per heavy atom. The van der Waals surface area contributed by atoms with E-state index in [1.165, 1.54) is 0 Å². The van der Waals surface area contributed by atoms with Crippen molar-refractivity contribution in [3.8, 4) is 0 Å². The van der Waals surface area contributed by atoms with E-state index in [1.807, 2.05) is 0 Å². The average molecular weight is 646 g/mol. The summed E-state index contributed by atoms with van der Waals surface area (Å²) in [5.41, 5.74) is -11.4. The van der Waals surface area contributed by atoms with Crippen molar-refractivity contribution in [1.29, 1.82) is 0 Å². The molecule has 0 bridgehead atoms. The van der Waals surface area contributed by atoms with Crippen molar-refractivity contribution >= 4 is 22.7 Å². The summed E-state index contributed by atoms with van der Waals surface area (Å²) in [5.74, 6) is -18.2. The molecule has 0 saturated carbocycles. The van der Waals surface area contributed by atoms with Crippen molar-refractivity contribution in [3.63, 3.8) is 0 Å². The van der Waals surface area contributed by atoms with Crippen molar-refractivity contribution in [2.75, 3.05) is 0 Å². The minimum atomic E-state index is -5.63. The first-order valence-electron chi connectivity index (χ1n) is 9.80. The molecule has 6 nitrogen and oxygen atoms in total. The van der Waals surface area contributed by atoms with Gasteiger partial charge in [0.05, 0.1) is 0 Å². The summed E-state index contributed by atoms with van der Waals surface area (Å²) in [6.45, 7) is 1.88. The van der Waals surface area contributed by atoms with Crippen LogP contribution in [0.5, 0.6) is 0 Å². The van der Waals surface area contributed by atoms with E-state index in [4.69, 9.17) is 3.82 Å². The molecule has 0 fully saturated rings. The summed E-state index contributed by atoms with van der Waals surface area (Å²) < 4.78 is 171. The third-order valence-corrected chi connectivity index (χ3v) is 5.08. The van der Waals surface area contributed by atoms with Crippen molar-refractivity contribution < 1.29 is 85.5 Å². The van der Waals surface area contributed by atoms with Gasteiger partial charge in [0, 0.05) is 0 Å². The van der Waals surface area contributed by atoms with Crippen molar-refractivity contribution in [1.82, 2.24) is 9.97 Å². The zero-order chi connectivity index (χ0) is 30.9. The normalized spacial score (nSPS) is 13.3. The number of aromatic nitrogens is 2. The van der Waals surface area contributed by atoms with Gasteiger partial charge in [0.25, 0.3) is 0 Å². The number of Topliss-reactive ketones (excluding diaryl/α,β-unsaturated/α-hetero) is 2. The molecule has 0 aliphatic rings. The van der Waals surface area contributed by atoms with Crippen molar-refractivity contribution in [2.45, 2.75) is 33.1 Å². The number of halogens is 12. The van der Waals surface area contributed by atoms with Gasteiger partial charge in [-0.3, -0.25) is 0 Å². The quantitative estimate of drug-likeness (QED) is 0.0845. The van der Waals surface area contributed by atoms with E-state index in [2.05, 4.69) is 13.8 Å². The second kappa shape index (κ2) is 11.9. The van der Waals surface area contributed by atoms with Crippen LogP contribution in [-0.4, -0.2) is 21.5 Å². The van der Waals surface area contributed by atoms with Gasteiger partial charge in [0.1, 0.15) is 0 Å². The summed E-state index contributed by atoms with van der Waals surface area (Å²) in [4.78, 5) is 28.1. The summed E-state index contributed by atoms with van der Waals surface area (Å²) >= 11 is -0.289. The Balaban J connectivity index is 2.52. The monoisotopic (exact) mass is 645 g/mol. The second-order valence-corrected chi connectivity index (χ2v) is 7.83. The minimum absolute atomic E-state index is 0.0547. The molecule has 2 heterocycles. The van der Waals surface area contributed by atoms with E-state index < -0.39 is 98.5 Å². The maximum atomic E-state index is 14.5. The van der Waals surface area contributed by atoms with Gasteiger partial charge in [0.2, 0.25) is 0 Å². The number of carbonyl (C=O) groups is 2. The number of nitrogens with zero attached hydrogens (tertiary/aromatic N) is 2. The van der Waals surface area contributed by atoms with Gasteiger partial charge in [0.15, 0.2) is 0 Å². The summed E-state index contributed by atoms with van der Waals surface area (Å²) in [5, 5.41) is 0. The van der Waals surface area contributed by atoms with E-state index >= 15 is 0 Å². The maximum absolute atomic E-state index is 14.5. The predicted molar refractivity (Wildman–Crippen MR) is 102 cm³/mol. The zero-order valence-electron chi connectivity index (χ0n) is 19.4. The van der Waals surface area contributed by atoms with Gasteiger partial charge >= 0.3 is 221 Å². The van der Waals surface area contributed by atoms with Crippen LogP contribution in [0.4, 0.5) is 52.7 Å². The van der Waals surface area contributed by atoms with Crippen LogP contribution >= 0.6 is 0 Å². The number of ketones is 2. The molecule has 0 N–H and O–H groups in total. The van der Waals surface area contributed by atoms with Crippen LogP contribution in [0.1, 0.15) is 43.3 Å². The van der Waals surface area contributed by atoms with Crippen LogP contribution in [-0.2, 0) is 45.2 Å². The first kappa shape index (κ1) is 32.6. The zero-order valence-corrected chi connectivity index (χ0v) is 20.4. The van der Waals surface area contributed by atoms with Crippen LogP contribution in [0.3, 0.4) is 0 Å². The van der Waals surface area contributed by atoms with Crippen LogP contribution in [0.25, 0.3) is 11.1 Å². The molecule has 0 aliphatic carbocycles. The molecule has 2 rings (SSSR count). The predicted octanol–water partition coefficient (Wildman–Crippen LogP) is 6.24. The SMILES string of the molecule is CC(=O)/C(=C\[O][Cu][O]/C(C)=C(\C(C)=O)c1c(F)c(F)nc(C(F)(F)F)c1F)c1c(F)c(F)nc(C(F)(F)F)c1F. The van der Waals surface area contributed by atoms with Gasteiger partial charge in [-0.2, -0.15) is 0 Å². The average Bonchev–Trinajstić information content (AvgIpc) is 2.80. The summed E-state index contributed by atoms with van der Waals surface area (Å²) in [6.07, 6.45) is -11.2. The third-order valence-electron chi connectivity index (χ3n) is 4.52. The fourth-order valence-electron chi connectivity index (χ4n) is 2.91. The second-order valence-electron chi connectivity index (χ2n) is 7.26. The molecule has 223 valence electrons. The number of hydrogen-bond acceptors (Lipinski definition) is 6. The van der Waals surface area contributed by atoms with Gasteiger partial charge < -0.3 is 0 Å². The van der Waals surface area contributed by atoms with Gasteiger partial charge in [-0.15, -0.1) is 0 Å². The van der Waals surface area contributed by atoms with E-state index in [0.29, 0.717) is 13.8 Å². The molecule has 0 aromatic carbocycles. The summed E-state index contributed by atoms with van der Waals surface area (Å²) in [6, 6.07) is 0. The van der Waals surface area contributed by atoms with Crippen LogP contribution in [0.15, 0.2) is 12.0 Å². The first-order valence-corrected chi connectivity index (χ1v) is 10.6. The molecule has 2 aromatic heterocycles. The van der Waals surface area contributed by atoms with Gasteiger partial charge in [-0.05, 0) is 0 Å². The molecule has 2 aromatic rings. The summed E-state index contributed by atoms with van der Waals surface area (Å²) in [7, 11) is 0. The molecule has 0 unspecified atom stereocenters. The van der Waals surface area contributed by atoms with E-state index in [9.17, 15) is 62.3 Å². The van der Waals surface area contributed by atoms with E-state index in [0.717, 1.165) is 6.92 Å². The van der Waals surface area contributed by atoms with Gasteiger partial charge in [-0.1, -0.05) is 0 Å². The Hall–Kier alpha value is -3.60. The number of rotatable bonds is 8. The first-order chi connectivity index (χ1) is 18.2. The number of alkyl halides is 6. The Morgan fingerprint density at radius 2 is 1.12 bits per heavy atom. The number of hydrogen-bond donors (Lipinski definition) is 0. The Kier molecular flexibility index (Phi) is 9.68. The van der Waals surface area contributed by atoms with Crippen molar-refractivity contribution in [2.24, 2.45) is 0 Å². The Labute approximate surface area is 221 Å². The topological polar surface area (TPSA) is 78.4 Å². The fraction of sp³-hybridized carbons (Fsp3) is 0.238.